The van der Waals surface area contributed by atoms with Crippen molar-refractivity contribution in [1.29, 1.82) is 0 Å². The molecule has 0 bridgehead atoms. The molecule has 0 spiro atoms. The van der Waals surface area contributed by atoms with Crippen LogP contribution in [-0.2, 0) is 0 Å². The Kier molecular flexibility index (Phi) is 5.65. The molecule has 0 fully saturated rings. The van der Waals surface area contributed by atoms with E-state index in [1.165, 1.54) is 16.7 Å². The summed E-state index contributed by atoms with van der Waals surface area (Å²) in [5, 5.41) is 7.94. The van der Waals surface area contributed by atoms with E-state index < -0.39 is 0 Å². The molecular weight excluding hydrogens is 282 g/mol. The van der Waals surface area contributed by atoms with Crippen LogP contribution in [0.5, 0.6) is 11.5 Å². The molecule has 2 aromatic rings. The summed E-state index contributed by atoms with van der Waals surface area (Å²) in [6.07, 6.45) is 1.10. The maximum Gasteiger partial charge on any atom is 0.161 e. The first-order valence-electron chi connectivity index (χ1n) is 7.19. The SMILES string of the molecule is CCCNC(c1ccsc1)c1cc(OC)c(OC)cc1C. The molecule has 114 valence electrons. The Morgan fingerprint density at radius 3 is 2.48 bits per heavy atom. The van der Waals surface area contributed by atoms with Crippen LogP contribution >= 0.6 is 11.3 Å². The maximum atomic E-state index is 5.45. The Morgan fingerprint density at radius 2 is 1.90 bits per heavy atom. The van der Waals surface area contributed by atoms with Crippen molar-refractivity contribution in [3.8, 4) is 11.5 Å². The fourth-order valence-corrected chi connectivity index (χ4v) is 3.13. The molecule has 1 aromatic carbocycles. The first-order valence-corrected chi connectivity index (χ1v) is 8.13. The highest BCUT2D eigenvalue weighted by atomic mass is 32.1. The van der Waals surface area contributed by atoms with Crippen LogP contribution in [0.1, 0.15) is 36.1 Å². The first kappa shape index (κ1) is 15.9. The zero-order valence-electron chi connectivity index (χ0n) is 13.1. The number of thiophene rings is 1. The van der Waals surface area contributed by atoms with E-state index in [0.717, 1.165) is 24.5 Å². The van der Waals surface area contributed by atoms with E-state index in [1.807, 2.05) is 6.07 Å². The average molecular weight is 305 g/mol. The minimum atomic E-state index is 0.191. The van der Waals surface area contributed by atoms with E-state index in [-0.39, 0.29) is 6.04 Å². The van der Waals surface area contributed by atoms with Crippen molar-refractivity contribution in [1.82, 2.24) is 5.32 Å². The third kappa shape index (κ3) is 3.57. The molecule has 0 aliphatic carbocycles. The molecule has 1 heterocycles. The van der Waals surface area contributed by atoms with Crippen LogP contribution in [0, 0.1) is 6.92 Å². The second kappa shape index (κ2) is 7.48. The molecule has 0 saturated heterocycles. The van der Waals surface area contributed by atoms with Gasteiger partial charge in [0.1, 0.15) is 0 Å². The van der Waals surface area contributed by atoms with Gasteiger partial charge in [-0.25, -0.2) is 0 Å². The van der Waals surface area contributed by atoms with Crippen molar-refractivity contribution in [3.63, 3.8) is 0 Å². The minimum absolute atomic E-state index is 0.191. The zero-order chi connectivity index (χ0) is 15.2. The van der Waals surface area contributed by atoms with Crippen molar-refractivity contribution in [2.75, 3.05) is 20.8 Å². The third-order valence-electron chi connectivity index (χ3n) is 3.56. The Balaban J connectivity index is 2.44. The predicted octanol–water partition coefficient (Wildman–Crippen LogP) is 4.16. The van der Waals surface area contributed by atoms with Gasteiger partial charge in [-0.1, -0.05) is 6.92 Å². The van der Waals surface area contributed by atoms with Gasteiger partial charge < -0.3 is 14.8 Å². The van der Waals surface area contributed by atoms with Crippen molar-refractivity contribution in [2.45, 2.75) is 26.3 Å². The lowest BCUT2D eigenvalue weighted by Crippen LogP contribution is -2.23. The fraction of sp³-hybridized carbons (Fsp3) is 0.412. The van der Waals surface area contributed by atoms with Crippen LogP contribution in [0.4, 0.5) is 0 Å². The van der Waals surface area contributed by atoms with E-state index in [0.29, 0.717) is 0 Å². The molecule has 0 amide bonds. The van der Waals surface area contributed by atoms with Crippen LogP contribution in [0.2, 0.25) is 0 Å². The van der Waals surface area contributed by atoms with Gasteiger partial charge in [-0.05, 0) is 65.5 Å². The number of methoxy groups -OCH3 is 2. The summed E-state index contributed by atoms with van der Waals surface area (Å²) in [6.45, 7) is 5.28. The second-order valence-electron chi connectivity index (χ2n) is 5.01. The summed E-state index contributed by atoms with van der Waals surface area (Å²) in [6, 6.07) is 6.49. The molecule has 4 heteroatoms. The zero-order valence-corrected chi connectivity index (χ0v) is 13.9. The van der Waals surface area contributed by atoms with Crippen molar-refractivity contribution in [3.05, 3.63) is 45.6 Å². The van der Waals surface area contributed by atoms with E-state index in [1.54, 1.807) is 25.6 Å². The molecule has 1 aromatic heterocycles. The Bertz CT molecular complexity index is 566. The Hall–Kier alpha value is -1.52. The quantitative estimate of drug-likeness (QED) is 0.833. The summed E-state index contributed by atoms with van der Waals surface area (Å²) in [4.78, 5) is 0. The largest absolute Gasteiger partial charge is 0.493 e. The highest BCUT2D eigenvalue weighted by molar-refractivity contribution is 7.08. The maximum absolute atomic E-state index is 5.45. The van der Waals surface area contributed by atoms with Crippen LogP contribution in [0.3, 0.4) is 0 Å². The van der Waals surface area contributed by atoms with E-state index >= 15 is 0 Å². The molecule has 1 N–H and O–H groups in total. The molecule has 3 nitrogen and oxygen atoms in total. The molecule has 21 heavy (non-hydrogen) atoms. The van der Waals surface area contributed by atoms with Crippen LogP contribution in [0.15, 0.2) is 29.0 Å². The van der Waals surface area contributed by atoms with Gasteiger partial charge in [-0.2, -0.15) is 11.3 Å². The van der Waals surface area contributed by atoms with E-state index in [9.17, 15) is 0 Å². The van der Waals surface area contributed by atoms with Gasteiger partial charge in [-0.15, -0.1) is 0 Å². The fourth-order valence-electron chi connectivity index (χ4n) is 2.44. The van der Waals surface area contributed by atoms with Gasteiger partial charge >= 0.3 is 0 Å². The number of rotatable bonds is 7. The van der Waals surface area contributed by atoms with Crippen molar-refractivity contribution < 1.29 is 9.47 Å². The number of nitrogens with one attached hydrogen (secondary N) is 1. The monoisotopic (exact) mass is 305 g/mol. The predicted molar refractivity (Wildman–Crippen MR) is 88.7 cm³/mol. The minimum Gasteiger partial charge on any atom is -0.493 e. The summed E-state index contributed by atoms with van der Waals surface area (Å²) in [5.74, 6) is 1.55. The lowest BCUT2D eigenvalue weighted by molar-refractivity contribution is 0.353. The number of hydrogen-bond acceptors (Lipinski definition) is 4. The average Bonchev–Trinajstić information content (AvgIpc) is 3.02. The molecule has 1 unspecified atom stereocenters. The first-order chi connectivity index (χ1) is 10.2. The highest BCUT2D eigenvalue weighted by Crippen LogP contribution is 2.35. The van der Waals surface area contributed by atoms with Crippen LogP contribution in [-0.4, -0.2) is 20.8 Å². The summed E-state index contributed by atoms with van der Waals surface area (Å²) in [7, 11) is 3.35. The number of aryl methyl sites for hydroxylation is 1. The Morgan fingerprint density at radius 1 is 1.19 bits per heavy atom. The molecule has 1 atom stereocenters. The molecule has 0 aliphatic heterocycles. The standard InChI is InChI=1S/C17H23NO2S/c1-5-7-18-17(13-6-8-21-11-13)14-10-16(20-4)15(19-3)9-12(14)2/h6,8-11,17-18H,5,7H2,1-4H3. The molecule has 0 radical (unpaired) electrons. The van der Waals surface area contributed by atoms with Crippen LogP contribution < -0.4 is 14.8 Å². The van der Waals surface area contributed by atoms with Crippen molar-refractivity contribution >= 4 is 11.3 Å². The van der Waals surface area contributed by atoms with Gasteiger partial charge in [0.15, 0.2) is 11.5 Å². The summed E-state index contributed by atoms with van der Waals surface area (Å²) >= 11 is 1.72. The summed E-state index contributed by atoms with van der Waals surface area (Å²) < 4.78 is 10.8. The lowest BCUT2D eigenvalue weighted by Gasteiger charge is -2.22. The molecule has 2 rings (SSSR count). The number of hydrogen-bond donors (Lipinski definition) is 1. The van der Waals surface area contributed by atoms with Gasteiger partial charge in [0.25, 0.3) is 0 Å². The van der Waals surface area contributed by atoms with Gasteiger partial charge in [0, 0.05) is 0 Å². The van der Waals surface area contributed by atoms with Gasteiger partial charge in [0.05, 0.1) is 20.3 Å². The summed E-state index contributed by atoms with van der Waals surface area (Å²) in [5.41, 5.74) is 3.73. The van der Waals surface area contributed by atoms with E-state index in [4.69, 9.17) is 9.47 Å². The second-order valence-corrected chi connectivity index (χ2v) is 5.79. The molecule has 0 aliphatic rings. The lowest BCUT2D eigenvalue weighted by atomic mass is 9.96. The highest BCUT2D eigenvalue weighted by Gasteiger charge is 2.19. The molecular formula is C17H23NO2S. The third-order valence-corrected chi connectivity index (χ3v) is 4.26. The van der Waals surface area contributed by atoms with Crippen LogP contribution in [0.25, 0.3) is 0 Å². The topological polar surface area (TPSA) is 30.5 Å². The van der Waals surface area contributed by atoms with Gasteiger partial charge in [-0.3, -0.25) is 0 Å². The van der Waals surface area contributed by atoms with Gasteiger partial charge in [0.2, 0.25) is 0 Å². The molecule has 0 saturated carbocycles. The van der Waals surface area contributed by atoms with E-state index in [2.05, 4.69) is 42.1 Å². The normalized spacial score (nSPS) is 12.2. The number of benzene rings is 1. The Labute approximate surface area is 130 Å². The smallest absolute Gasteiger partial charge is 0.161 e. The number of ether oxygens (including phenoxy) is 2. The van der Waals surface area contributed by atoms with Crippen molar-refractivity contribution in [2.24, 2.45) is 0 Å².